The lowest BCUT2D eigenvalue weighted by Gasteiger charge is -2.06. The highest BCUT2D eigenvalue weighted by molar-refractivity contribution is 7.19. The molecule has 0 aliphatic rings. The molecule has 2 heterocycles. The molecule has 1 amide bonds. The molecule has 4 nitrogen and oxygen atoms in total. The first-order valence-corrected chi connectivity index (χ1v) is 9.79. The van der Waals surface area contributed by atoms with E-state index in [2.05, 4.69) is 17.2 Å². The Kier molecular flexibility index (Phi) is 4.51. The molecule has 2 aromatic heterocycles. The third-order valence-electron chi connectivity index (χ3n) is 4.84. The molecule has 0 radical (unpaired) electrons. The first-order chi connectivity index (χ1) is 13.3. The Bertz CT molecular complexity index is 1200. The van der Waals surface area contributed by atoms with Gasteiger partial charge in [-0.25, -0.2) is 9.07 Å². The van der Waals surface area contributed by atoms with Crippen LogP contribution in [0, 0.1) is 26.6 Å². The maximum Gasteiger partial charge on any atom is 0.252 e. The molecule has 0 bridgehead atoms. The highest BCUT2D eigenvalue weighted by Gasteiger charge is 2.19. The molecule has 2 N–H and O–H groups in total. The monoisotopic (exact) mass is 393 g/mol. The Balaban J connectivity index is 1.80. The highest BCUT2D eigenvalue weighted by atomic mass is 32.1. The van der Waals surface area contributed by atoms with E-state index in [1.165, 1.54) is 6.07 Å². The van der Waals surface area contributed by atoms with E-state index >= 15 is 0 Å². The lowest BCUT2D eigenvalue weighted by molar-refractivity contribution is 0.0999. The zero-order chi connectivity index (χ0) is 20.0. The van der Waals surface area contributed by atoms with E-state index in [0.717, 1.165) is 37.5 Å². The van der Waals surface area contributed by atoms with Gasteiger partial charge in [0.15, 0.2) is 0 Å². The fourth-order valence-corrected chi connectivity index (χ4v) is 4.84. The summed E-state index contributed by atoms with van der Waals surface area (Å²) in [5, 5.41) is 5.59. The molecule has 0 spiro atoms. The van der Waals surface area contributed by atoms with Gasteiger partial charge in [-0.1, -0.05) is 12.1 Å². The summed E-state index contributed by atoms with van der Waals surface area (Å²) in [6.45, 7) is 5.53. The van der Waals surface area contributed by atoms with Crippen LogP contribution >= 0.6 is 11.3 Å². The van der Waals surface area contributed by atoms with Gasteiger partial charge in [0, 0.05) is 21.4 Å². The minimum absolute atomic E-state index is 0.210. The number of fused-ring (bicyclic) bond motifs is 1. The molecule has 6 heteroatoms. The van der Waals surface area contributed by atoms with Crippen LogP contribution in [0.3, 0.4) is 0 Å². The number of nitrogens with zero attached hydrogens (tertiary/aromatic N) is 2. The Hall–Kier alpha value is -2.99. The summed E-state index contributed by atoms with van der Waals surface area (Å²) < 4.78 is 16.6. The number of amides is 1. The van der Waals surface area contributed by atoms with E-state index in [-0.39, 0.29) is 5.82 Å². The van der Waals surface area contributed by atoms with Crippen molar-refractivity contribution in [1.29, 1.82) is 0 Å². The highest BCUT2D eigenvalue weighted by Crippen LogP contribution is 2.33. The number of thiophene rings is 1. The van der Waals surface area contributed by atoms with Gasteiger partial charge in [0.1, 0.15) is 5.82 Å². The van der Waals surface area contributed by atoms with Gasteiger partial charge < -0.3 is 5.73 Å². The van der Waals surface area contributed by atoms with Crippen LogP contribution in [0.4, 0.5) is 4.39 Å². The summed E-state index contributed by atoms with van der Waals surface area (Å²) in [5.74, 6) is -0.681. The van der Waals surface area contributed by atoms with Crippen LogP contribution in [0.25, 0.3) is 15.8 Å². The Morgan fingerprint density at radius 2 is 1.96 bits per heavy atom. The van der Waals surface area contributed by atoms with E-state index < -0.39 is 5.91 Å². The summed E-state index contributed by atoms with van der Waals surface area (Å²) in [7, 11) is 0. The number of nitrogens with two attached hydrogens (primary N) is 1. The lowest BCUT2D eigenvalue weighted by atomic mass is 10.1. The summed E-state index contributed by atoms with van der Waals surface area (Å²) in [5.41, 5.74) is 10.1. The standard InChI is InChI=1S/C22H20FN3OS/c1-12-7-15(9-16(23)8-12)10-17-11-18-19(5-4-6-20(18)28-17)26-14(3)21(22(24)27)13(2)25-26/h4-9,11H,10H2,1-3H3,(H2,24,27). The van der Waals surface area contributed by atoms with Crippen molar-refractivity contribution in [2.45, 2.75) is 27.2 Å². The van der Waals surface area contributed by atoms with E-state index in [1.54, 1.807) is 29.0 Å². The predicted octanol–water partition coefficient (Wildman–Crippen LogP) is 4.84. The third kappa shape index (κ3) is 3.20. The van der Waals surface area contributed by atoms with Crippen molar-refractivity contribution in [3.8, 4) is 5.69 Å². The predicted molar refractivity (Wildman–Crippen MR) is 111 cm³/mol. The van der Waals surface area contributed by atoms with E-state index in [1.807, 2.05) is 32.0 Å². The molecular weight excluding hydrogens is 373 g/mol. The average molecular weight is 393 g/mol. The van der Waals surface area contributed by atoms with Crippen LogP contribution in [0.1, 0.15) is 37.7 Å². The zero-order valence-corrected chi connectivity index (χ0v) is 16.7. The number of hydrogen-bond acceptors (Lipinski definition) is 3. The first kappa shape index (κ1) is 18.4. The van der Waals surface area contributed by atoms with Crippen molar-refractivity contribution >= 4 is 27.3 Å². The molecule has 0 saturated carbocycles. The van der Waals surface area contributed by atoms with E-state index in [4.69, 9.17) is 5.73 Å². The maximum absolute atomic E-state index is 13.7. The van der Waals surface area contributed by atoms with E-state index in [9.17, 15) is 9.18 Å². The molecule has 4 aromatic rings. The number of aryl methyl sites for hydroxylation is 2. The van der Waals surface area contributed by atoms with Crippen molar-refractivity contribution in [1.82, 2.24) is 9.78 Å². The largest absolute Gasteiger partial charge is 0.365 e. The van der Waals surface area contributed by atoms with Gasteiger partial charge in [0.05, 0.1) is 22.6 Å². The van der Waals surface area contributed by atoms with E-state index in [0.29, 0.717) is 17.7 Å². The number of halogens is 1. The average Bonchev–Trinajstić information content (AvgIpc) is 3.13. The van der Waals surface area contributed by atoms with Crippen molar-refractivity contribution in [3.05, 3.63) is 81.2 Å². The summed E-state index contributed by atoms with van der Waals surface area (Å²) in [4.78, 5) is 12.9. The van der Waals surface area contributed by atoms with Gasteiger partial charge >= 0.3 is 0 Å². The molecule has 28 heavy (non-hydrogen) atoms. The zero-order valence-electron chi connectivity index (χ0n) is 15.9. The maximum atomic E-state index is 13.7. The molecule has 0 fully saturated rings. The second-order valence-corrected chi connectivity index (χ2v) is 8.21. The van der Waals surface area contributed by atoms with Gasteiger partial charge in [-0.05, 0) is 62.2 Å². The van der Waals surface area contributed by atoms with Crippen LogP contribution < -0.4 is 5.73 Å². The lowest BCUT2D eigenvalue weighted by Crippen LogP contribution is -2.13. The number of carbonyl (C=O) groups excluding carboxylic acids is 1. The van der Waals surface area contributed by atoms with Crippen molar-refractivity contribution < 1.29 is 9.18 Å². The minimum Gasteiger partial charge on any atom is -0.365 e. The van der Waals surface area contributed by atoms with Gasteiger partial charge in [0.25, 0.3) is 5.91 Å². The van der Waals surface area contributed by atoms with Crippen molar-refractivity contribution in [3.63, 3.8) is 0 Å². The molecule has 0 unspecified atom stereocenters. The third-order valence-corrected chi connectivity index (χ3v) is 5.94. The van der Waals surface area contributed by atoms with Crippen LogP contribution in [0.2, 0.25) is 0 Å². The van der Waals surface area contributed by atoms with Crippen LogP contribution in [-0.4, -0.2) is 15.7 Å². The number of rotatable bonds is 4. The topological polar surface area (TPSA) is 60.9 Å². The van der Waals surface area contributed by atoms with Crippen molar-refractivity contribution in [2.75, 3.05) is 0 Å². The molecule has 0 aliphatic carbocycles. The quantitative estimate of drug-likeness (QED) is 0.539. The summed E-state index contributed by atoms with van der Waals surface area (Å²) in [6, 6.07) is 13.3. The first-order valence-electron chi connectivity index (χ1n) is 8.97. The van der Waals surface area contributed by atoms with Gasteiger partial charge in [0.2, 0.25) is 0 Å². The Labute approximate surface area is 166 Å². The second-order valence-electron chi connectivity index (χ2n) is 7.04. The molecule has 142 valence electrons. The number of carbonyl (C=O) groups is 1. The smallest absolute Gasteiger partial charge is 0.252 e. The fourth-order valence-electron chi connectivity index (χ4n) is 3.72. The Morgan fingerprint density at radius 1 is 1.18 bits per heavy atom. The molecule has 4 rings (SSSR count). The van der Waals surface area contributed by atoms with Gasteiger partial charge in [-0.3, -0.25) is 4.79 Å². The summed E-state index contributed by atoms with van der Waals surface area (Å²) in [6.07, 6.45) is 0.668. The molecule has 2 aromatic carbocycles. The molecule has 0 saturated heterocycles. The van der Waals surface area contributed by atoms with Crippen molar-refractivity contribution in [2.24, 2.45) is 5.73 Å². The number of aromatic nitrogens is 2. The minimum atomic E-state index is -0.471. The van der Waals surface area contributed by atoms with Crippen LogP contribution in [0.5, 0.6) is 0 Å². The Morgan fingerprint density at radius 3 is 2.64 bits per heavy atom. The van der Waals surface area contributed by atoms with Gasteiger partial charge in [-0.15, -0.1) is 11.3 Å². The fraction of sp³-hybridized carbons (Fsp3) is 0.182. The van der Waals surface area contributed by atoms with Crippen LogP contribution in [-0.2, 0) is 6.42 Å². The second kappa shape index (κ2) is 6.87. The normalized spacial score (nSPS) is 11.3. The molecule has 0 aliphatic heterocycles. The SMILES string of the molecule is Cc1cc(F)cc(Cc2cc3c(-n4nc(C)c(C(N)=O)c4C)cccc3s2)c1. The molecule has 0 atom stereocenters. The number of benzene rings is 2. The molecular formula is C22H20FN3OS. The summed E-state index contributed by atoms with van der Waals surface area (Å²) >= 11 is 1.68. The van der Waals surface area contributed by atoms with Gasteiger partial charge in [-0.2, -0.15) is 5.10 Å². The number of hydrogen-bond donors (Lipinski definition) is 1. The van der Waals surface area contributed by atoms with Crippen LogP contribution in [0.15, 0.2) is 42.5 Å². The number of primary amides is 1.